The number of nitrogens with zero attached hydrogens (tertiary/aromatic N) is 1. The summed E-state index contributed by atoms with van der Waals surface area (Å²) in [6.45, 7) is 3.70. The van der Waals surface area contributed by atoms with Gasteiger partial charge in [-0.15, -0.1) is 0 Å². The molecular weight excluding hydrogens is 281 g/mol. The Morgan fingerprint density at radius 1 is 1.14 bits per heavy atom. The zero-order valence-electron chi connectivity index (χ0n) is 12.9. The van der Waals surface area contributed by atoms with E-state index >= 15 is 0 Å². The SMILES string of the molecule is CC1COC(C2CCC(c3ccc(C#N)c(F)c3)CC2)OC1. The van der Waals surface area contributed by atoms with Crippen molar-refractivity contribution >= 4 is 0 Å². The minimum absolute atomic E-state index is 0.0603. The summed E-state index contributed by atoms with van der Waals surface area (Å²) in [6.07, 6.45) is 4.08. The molecule has 3 nitrogen and oxygen atoms in total. The molecule has 1 heterocycles. The number of hydrogen-bond donors (Lipinski definition) is 0. The van der Waals surface area contributed by atoms with Crippen LogP contribution in [0.1, 0.15) is 49.7 Å². The molecule has 1 aliphatic heterocycles. The number of benzene rings is 1. The van der Waals surface area contributed by atoms with Crippen LogP contribution in [-0.4, -0.2) is 19.5 Å². The van der Waals surface area contributed by atoms with Crippen molar-refractivity contribution in [3.8, 4) is 6.07 Å². The van der Waals surface area contributed by atoms with Crippen LogP contribution < -0.4 is 0 Å². The van der Waals surface area contributed by atoms with Gasteiger partial charge in [0.15, 0.2) is 6.29 Å². The fraction of sp³-hybridized carbons (Fsp3) is 0.611. The van der Waals surface area contributed by atoms with Crippen LogP contribution in [0.3, 0.4) is 0 Å². The molecular formula is C18H22FNO2. The molecule has 1 saturated heterocycles. The lowest BCUT2D eigenvalue weighted by Gasteiger charge is -2.37. The van der Waals surface area contributed by atoms with E-state index in [1.54, 1.807) is 6.07 Å². The van der Waals surface area contributed by atoms with Crippen molar-refractivity contribution in [1.82, 2.24) is 0 Å². The minimum atomic E-state index is -0.407. The Labute approximate surface area is 131 Å². The van der Waals surface area contributed by atoms with E-state index in [0.29, 0.717) is 17.8 Å². The summed E-state index contributed by atoms with van der Waals surface area (Å²) in [4.78, 5) is 0. The highest BCUT2D eigenvalue weighted by Gasteiger charge is 2.32. The van der Waals surface area contributed by atoms with Gasteiger partial charge in [-0.25, -0.2) is 4.39 Å². The maximum Gasteiger partial charge on any atom is 0.160 e. The van der Waals surface area contributed by atoms with Gasteiger partial charge in [0.05, 0.1) is 18.8 Å². The summed E-state index contributed by atoms with van der Waals surface area (Å²) >= 11 is 0. The molecule has 0 aromatic heterocycles. The highest BCUT2D eigenvalue weighted by atomic mass is 19.1. The van der Waals surface area contributed by atoms with Crippen molar-refractivity contribution in [2.24, 2.45) is 11.8 Å². The molecule has 22 heavy (non-hydrogen) atoms. The lowest BCUT2D eigenvalue weighted by atomic mass is 9.78. The molecule has 0 bridgehead atoms. The molecule has 0 radical (unpaired) electrons. The molecule has 0 N–H and O–H groups in total. The highest BCUT2D eigenvalue weighted by Crippen LogP contribution is 2.39. The third-order valence-electron chi connectivity index (χ3n) is 4.83. The zero-order chi connectivity index (χ0) is 15.5. The van der Waals surface area contributed by atoms with Gasteiger partial charge in [0.2, 0.25) is 0 Å². The summed E-state index contributed by atoms with van der Waals surface area (Å²) in [6, 6.07) is 6.88. The first-order chi connectivity index (χ1) is 10.7. The Morgan fingerprint density at radius 3 is 2.41 bits per heavy atom. The smallest absolute Gasteiger partial charge is 0.160 e. The molecule has 4 heteroatoms. The van der Waals surface area contributed by atoms with Gasteiger partial charge < -0.3 is 9.47 Å². The van der Waals surface area contributed by atoms with E-state index in [4.69, 9.17) is 14.7 Å². The van der Waals surface area contributed by atoms with Crippen molar-refractivity contribution in [3.63, 3.8) is 0 Å². The molecule has 0 spiro atoms. The average molecular weight is 303 g/mol. The Kier molecular flexibility index (Phi) is 4.75. The van der Waals surface area contributed by atoms with E-state index in [9.17, 15) is 4.39 Å². The molecule has 1 aliphatic carbocycles. The van der Waals surface area contributed by atoms with Crippen LogP contribution >= 0.6 is 0 Å². The topological polar surface area (TPSA) is 42.2 Å². The predicted molar refractivity (Wildman–Crippen MR) is 80.7 cm³/mol. The second-order valence-electron chi connectivity index (χ2n) is 6.60. The average Bonchev–Trinajstić information content (AvgIpc) is 2.56. The van der Waals surface area contributed by atoms with Crippen molar-refractivity contribution in [2.45, 2.75) is 44.8 Å². The van der Waals surface area contributed by atoms with E-state index in [1.165, 1.54) is 6.07 Å². The maximum absolute atomic E-state index is 13.7. The van der Waals surface area contributed by atoms with Gasteiger partial charge in [0.1, 0.15) is 11.9 Å². The first-order valence-corrected chi connectivity index (χ1v) is 8.10. The van der Waals surface area contributed by atoms with Crippen molar-refractivity contribution in [2.75, 3.05) is 13.2 Å². The van der Waals surface area contributed by atoms with Gasteiger partial charge in [0.25, 0.3) is 0 Å². The van der Waals surface area contributed by atoms with Crippen LogP contribution in [0.2, 0.25) is 0 Å². The van der Waals surface area contributed by atoms with Gasteiger partial charge in [-0.3, -0.25) is 0 Å². The third kappa shape index (κ3) is 3.31. The van der Waals surface area contributed by atoms with Crippen LogP contribution in [-0.2, 0) is 9.47 Å². The lowest BCUT2D eigenvalue weighted by molar-refractivity contribution is -0.226. The number of ether oxygens (including phenoxy) is 2. The van der Waals surface area contributed by atoms with Gasteiger partial charge in [-0.2, -0.15) is 5.26 Å². The maximum atomic E-state index is 13.7. The predicted octanol–water partition coefficient (Wildman–Crippen LogP) is 3.98. The largest absolute Gasteiger partial charge is 0.352 e. The fourth-order valence-electron chi connectivity index (χ4n) is 3.49. The van der Waals surface area contributed by atoms with Crippen molar-refractivity contribution in [3.05, 3.63) is 35.1 Å². The molecule has 0 atom stereocenters. The zero-order valence-corrected chi connectivity index (χ0v) is 12.9. The summed E-state index contributed by atoms with van der Waals surface area (Å²) in [5.74, 6) is 0.900. The number of nitriles is 1. The first kappa shape index (κ1) is 15.5. The van der Waals surface area contributed by atoms with Crippen LogP contribution in [0.25, 0.3) is 0 Å². The van der Waals surface area contributed by atoms with Crippen molar-refractivity contribution < 1.29 is 13.9 Å². The molecule has 0 amide bonds. The monoisotopic (exact) mass is 303 g/mol. The number of hydrogen-bond acceptors (Lipinski definition) is 3. The highest BCUT2D eigenvalue weighted by molar-refractivity contribution is 5.34. The van der Waals surface area contributed by atoms with Crippen LogP contribution in [0, 0.1) is 29.0 Å². The molecule has 1 aromatic carbocycles. The standard InChI is InChI=1S/C18H22FNO2/c1-12-10-21-18(22-11-12)14-4-2-13(3-5-14)15-6-7-16(9-20)17(19)8-15/h6-8,12-14,18H,2-5,10-11H2,1H3. The summed E-state index contributed by atoms with van der Waals surface area (Å²) in [7, 11) is 0. The number of halogens is 1. The van der Waals surface area contributed by atoms with E-state index in [2.05, 4.69) is 6.92 Å². The van der Waals surface area contributed by atoms with Gasteiger partial charge in [0, 0.05) is 11.8 Å². The first-order valence-electron chi connectivity index (χ1n) is 8.10. The number of rotatable bonds is 2. The summed E-state index contributed by atoms with van der Waals surface area (Å²) < 4.78 is 25.4. The normalized spacial score (nSPS) is 32.4. The third-order valence-corrected chi connectivity index (χ3v) is 4.83. The Hall–Kier alpha value is -1.44. The van der Waals surface area contributed by atoms with E-state index in [-0.39, 0.29) is 11.9 Å². The summed E-state index contributed by atoms with van der Waals surface area (Å²) in [5.41, 5.74) is 1.13. The van der Waals surface area contributed by atoms with E-state index in [1.807, 2.05) is 12.1 Å². The molecule has 2 fully saturated rings. The minimum Gasteiger partial charge on any atom is -0.352 e. The van der Waals surface area contributed by atoms with Crippen LogP contribution in [0.15, 0.2) is 18.2 Å². The summed E-state index contributed by atoms with van der Waals surface area (Å²) in [5, 5.41) is 8.80. The molecule has 3 rings (SSSR count). The van der Waals surface area contributed by atoms with E-state index in [0.717, 1.165) is 44.5 Å². The quantitative estimate of drug-likeness (QED) is 0.830. The fourth-order valence-corrected chi connectivity index (χ4v) is 3.49. The van der Waals surface area contributed by atoms with Crippen molar-refractivity contribution in [1.29, 1.82) is 5.26 Å². The Morgan fingerprint density at radius 2 is 1.82 bits per heavy atom. The lowest BCUT2D eigenvalue weighted by Crippen LogP contribution is -2.37. The van der Waals surface area contributed by atoms with Crippen LogP contribution in [0.5, 0.6) is 0 Å². The molecule has 1 saturated carbocycles. The molecule has 118 valence electrons. The molecule has 2 aliphatic rings. The Bertz CT molecular complexity index is 553. The van der Waals surface area contributed by atoms with Gasteiger partial charge in [-0.05, 0) is 49.3 Å². The van der Waals surface area contributed by atoms with Gasteiger partial charge in [-0.1, -0.05) is 13.0 Å². The van der Waals surface area contributed by atoms with Gasteiger partial charge >= 0.3 is 0 Å². The van der Waals surface area contributed by atoms with E-state index < -0.39 is 5.82 Å². The second-order valence-corrected chi connectivity index (χ2v) is 6.60. The molecule has 0 unspecified atom stereocenters. The molecule has 1 aromatic rings. The Balaban J connectivity index is 1.57. The second kappa shape index (κ2) is 6.76. The van der Waals surface area contributed by atoms with Crippen LogP contribution in [0.4, 0.5) is 4.39 Å².